The van der Waals surface area contributed by atoms with E-state index in [2.05, 4.69) is 20.3 Å². The molecule has 0 saturated carbocycles. The van der Waals surface area contributed by atoms with Crippen LogP contribution in [0.25, 0.3) is 22.3 Å². The predicted octanol–water partition coefficient (Wildman–Crippen LogP) is 3.18. The molecule has 3 aromatic rings. The van der Waals surface area contributed by atoms with Crippen molar-refractivity contribution < 1.29 is 9.50 Å². The van der Waals surface area contributed by atoms with Gasteiger partial charge in [0.1, 0.15) is 16.5 Å². The molecule has 4 rings (SSSR count). The van der Waals surface area contributed by atoms with Gasteiger partial charge in [-0.15, -0.1) is 0 Å². The summed E-state index contributed by atoms with van der Waals surface area (Å²) in [5.41, 5.74) is 6.63. The molecule has 1 fully saturated rings. The van der Waals surface area contributed by atoms with Gasteiger partial charge in [-0.2, -0.15) is 0 Å². The third-order valence-corrected chi connectivity index (χ3v) is 6.38. The number of aromatic amines is 1. The van der Waals surface area contributed by atoms with E-state index >= 15 is 0 Å². The molecule has 1 aliphatic heterocycles. The van der Waals surface area contributed by atoms with Crippen molar-refractivity contribution in [2.45, 2.75) is 32.4 Å². The van der Waals surface area contributed by atoms with Crippen molar-refractivity contribution in [1.82, 2.24) is 20.3 Å². The average molecular weight is 433 g/mol. The highest BCUT2D eigenvalue weighted by Crippen LogP contribution is 2.38. The monoisotopic (exact) mass is 432 g/mol. The Morgan fingerprint density at radius 3 is 2.93 bits per heavy atom. The maximum atomic E-state index is 14.9. The minimum Gasteiger partial charge on any atom is -0.396 e. The Morgan fingerprint density at radius 2 is 2.20 bits per heavy atom. The lowest BCUT2D eigenvalue weighted by atomic mass is 9.84. The number of nitrogens with two attached hydrogens (primary N) is 1. The van der Waals surface area contributed by atoms with Crippen LogP contribution in [0.2, 0.25) is 5.15 Å². The highest BCUT2D eigenvalue weighted by atomic mass is 35.5. The Balaban J connectivity index is 1.76. The highest BCUT2D eigenvalue weighted by Gasteiger charge is 2.38. The molecule has 0 aliphatic carbocycles. The van der Waals surface area contributed by atoms with E-state index in [4.69, 9.17) is 17.3 Å². The first-order valence-electron chi connectivity index (χ1n) is 9.99. The summed E-state index contributed by atoms with van der Waals surface area (Å²) in [5.74, 6) is -0.0166. The van der Waals surface area contributed by atoms with Crippen molar-refractivity contribution in [3.05, 3.63) is 35.4 Å². The normalized spacial score (nSPS) is 19.4. The molecule has 0 bridgehead atoms. The number of nitrogens with zero attached hydrogens (tertiary/aromatic N) is 3. The largest absolute Gasteiger partial charge is 0.396 e. The van der Waals surface area contributed by atoms with Crippen LogP contribution in [-0.4, -0.2) is 51.3 Å². The summed E-state index contributed by atoms with van der Waals surface area (Å²) in [6, 6.07) is 4.68. The molecule has 1 unspecified atom stereocenters. The molecule has 0 spiro atoms. The molecule has 1 saturated heterocycles. The molecule has 3 aromatic heterocycles. The van der Waals surface area contributed by atoms with E-state index in [-0.39, 0.29) is 28.5 Å². The Kier molecular flexibility index (Phi) is 5.34. The van der Waals surface area contributed by atoms with Crippen LogP contribution < -0.4 is 16.0 Å². The molecule has 0 radical (unpaired) electrons. The van der Waals surface area contributed by atoms with Crippen LogP contribution in [-0.2, 0) is 0 Å². The molecular weight excluding hydrogens is 407 g/mol. The van der Waals surface area contributed by atoms with Gasteiger partial charge in [0.05, 0.1) is 17.3 Å². The van der Waals surface area contributed by atoms with Crippen molar-refractivity contribution in [3.8, 4) is 11.3 Å². The van der Waals surface area contributed by atoms with Crippen LogP contribution in [0.15, 0.2) is 24.4 Å². The number of nitrogen functional groups attached to an aromatic ring is 1. The summed E-state index contributed by atoms with van der Waals surface area (Å²) in [5, 5.41) is 15.3. The lowest BCUT2D eigenvalue weighted by Gasteiger charge is -2.43. The lowest BCUT2D eigenvalue weighted by Crippen LogP contribution is -2.62. The van der Waals surface area contributed by atoms with Gasteiger partial charge in [0, 0.05) is 42.8 Å². The Hall–Kier alpha value is -2.42. The number of halogens is 2. The first-order chi connectivity index (χ1) is 14.2. The van der Waals surface area contributed by atoms with Gasteiger partial charge in [-0.05, 0) is 25.0 Å². The van der Waals surface area contributed by atoms with E-state index in [1.54, 1.807) is 12.3 Å². The third-order valence-electron chi connectivity index (χ3n) is 6.10. The Morgan fingerprint density at radius 1 is 1.43 bits per heavy atom. The molecule has 0 amide bonds. The van der Waals surface area contributed by atoms with Crippen LogP contribution in [0, 0.1) is 11.7 Å². The smallest absolute Gasteiger partial charge is 0.152 e. The summed E-state index contributed by atoms with van der Waals surface area (Å²) in [6.07, 6.45) is 1.64. The molecule has 4 heterocycles. The van der Waals surface area contributed by atoms with E-state index in [1.807, 2.05) is 31.7 Å². The van der Waals surface area contributed by atoms with Gasteiger partial charge in [0.25, 0.3) is 0 Å². The predicted molar refractivity (Wildman–Crippen MR) is 118 cm³/mol. The summed E-state index contributed by atoms with van der Waals surface area (Å²) in [6.45, 7) is 7.57. The SMILES string of the molecule is CC(C)[C@@](C)(O)C1CN(c2nc(-c3c(Cl)[nH]c4ncccc34)c(F)cc2N)CCN1. The van der Waals surface area contributed by atoms with E-state index in [1.165, 1.54) is 6.07 Å². The Bertz CT molecular complexity index is 1080. The highest BCUT2D eigenvalue weighted by molar-refractivity contribution is 6.34. The van der Waals surface area contributed by atoms with Gasteiger partial charge in [0.2, 0.25) is 0 Å². The van der Waals surface area contributed by atoms with Crippen LogP contribution in [0.5, 0.6) is 0 Å². The fourth-order valence-corrected chi connectivity index (χ4v) is 4.16. The van der Waals surface area contributed by atoms with Gasteiger partial charge in [-0.1, -0.05) is 25.4 Å². The number of hydrogen-bond donors (Lipinski definition) is 4. The zero-order valence-electron chi connectivity index (χ0n) is 17.2. The van der Waals surface area contributed by atoms with Gasteiger partial charge in [0.15, 0.2) is 11.6 Å². The average Bonchev–Trinajstić information content (AvgIpc) is 3.04. The molecule has 9 heteroatoms. The van der Waals surface area contributed by atoms with Crippen molar-refractivity contribution >= 4 is 34.1 Å². The van der Waals surface area contributed by atoms with E-state index < -0.39 is 11.4 Å². The van der Waals surface area contributed by atoms with E-state index in [0.717, 1.165) is 0 Å². The molecule has 2 atom stereocenters. The number of nitrogens with one attached hydrogen (secondary N) is 2. The van der Waals surface area contributed by atoms with Gasteiger partial charge in [-0.25, -0.2) is 14.4 Å². The number of hydrogen-bond acceptors (Lipinski definition) is 6. The number of aliphatic hydroxyl groups is 1. The van der Waals surface area contributed by atoms with Crippen LogP contribution in [0.4, 0.5) is 15.9 Å². The second-order valence-electron chi connectivity index (χ2n) is 8.28. The third kappa shape index (κ3) is 3.49. The quantitative estimate of drug-likeness (QED) is 0.505. The number of H-pyrrole nitrogens is 1. The second-order valence-corrected chi connectivity index (χ2v) is 8.66. The zero-order chi connectivity index (χ0) is 21.6. The fraction of sp³-hybridized carbons (Fsp3) is 0.429. The number of aromatic nitrogens is 3. The standard InChI is InChI=1S/C21H26ClFN6O/c1-11(2)21(3,30)15-10-29(8-7-25-15)20-14(24)9-13(23)17(27-20)16-12-5-4-6-26-19(12)28-18(16)22/h4-6,9,11,15,25,30H,7-8,10,24H2,1-3H3,(H,26,28)/t15?,21-/m1/s1. The molecule has 5 N–H and O–H groups in total. The first-order valence-corrected chi connectivity index (χ1v) is 10.4. The number of fused-ring (bicyclic) bond motifs is 1. The molecule has 7 nitrogen and oxygen atoms in total. The van der Waals surface area contributed by atoms with Crippen molar-refractivity contribution in [1.29, 1.82) is 0 Å². The van der Waals surface area contributed by atoms with Gasteiger partial charge >= 0.3 is 0 Å². The zero-order valence-corrected chi connectivity index (χ0v) is 18.0. The number of pyridine rings is 2. The number of piperazine rings is 1. The first kappa shape index (κ1) is 20.8. The fourth-order valence-electron chi connectivity index (χ4n) is 3.88. The van der Waals surface area contributed by atoms with Gasteiger partial charge in [-0.3, -0.25) is 0 Å². The van der Waals surface area contributed by atoms with Crippen molar-refractivity contribution in [2.75, 3.05) is 30.3 Å². The molecule has 30 heavy (non-hydrogen) atoms. The molecular formula is C21H26ClFN6O. The summed E-state index contributed by atoms with van der Waals surface area (Å²) in [7, 11) is 0. The summed E-state index contributed by atoms with van der Waals surface area (Å²) < 4.78 is 14.9. The van der Waals surface area contributed by atoms with E-state index in [0.29, 0.717) is 42.0 Å². The second kappa shape index (κ2) is 7.68. The molecule has 0 aromatic carbocycles. The summed E-state index contributed by atoms with van der Waals surface area (Å²) in [4.78, 5) is 13.8. The topological polar surface area (TPSA) is 103 Å². The minimum absolute atomic E-state index is 0.0570. The lowest BCUT2D eigenvalue weighted by molar-refractivity contribution is -0.0231. The van der Waals surface area contributed by atoms with Crippen molar-refractivity contribution in [3.63, 3.8) is 0 Å². The van der Waals surface area contributed by atoms with Crippen LogP contribution >= 0.6 is 11.6 Å². The number of rotatable bonds is 4. The molecule has 1 aliphatic rings. The number of anilines is 2. The van der Waals surface area contributed by atoms with E-state index in [9.17, 15) is 9.50 Å². The maximum Gasteiger partial charge on any atom is 0.152 e. The van der Waals surface area contributed by atoms with Crippen molar-refractivity contribution in [2.24, 2.45) is 5.92 Å². The molecule has 160 valence electrons. The minimum atomic E-state index is -0.915. The maximum absolute atomic E-state index is 14.9. The Labute approximate surface area is 179 Å². The van der Waals surface area contributed by atoms with Crippen LogP contribution in [0.3, 0.4) is 0 Å². The van der Waals surface area contributed by atoms with Gasteiger partial charge < -0.3 is 26.0 Å². The summed E-state index contributed by atoms with van der Waals surface area (Å²) >= 11 is 6.38. The van der Waals surface area contributed by atoms with Crippen LogP contribution in [0.1, 0.15) is 20.8 Å².